The minimum Gasteiger partial charge on any atom is -0.481 e. The van der Waals surface area contributed by atoms with Crippen molar-refractivity contribution in [3.8, 4) is 11.8 Å². The van der Waals surface area contributed by atoms with Crippen molar-refractivity contribution in [2.45, 2.75) is 24.3 Å². The van der Waals surface area contributed by atoms with E-state index < -0.39 is 0 Å². The van der Waals surface area contributed by atoms with E-state index >= 15 is 0 Å². The number of ether oxygens (including phenoxy) is 2. The van der Waals surface area contributed by atoms with Crippen LogP contribution in [0, 0.1) is 5.92 Å². The van der Waals surface area contributed by atoms with Crippen molar-refractivity contribution in [3.05, 3.63) is 6.07 Å². The highest BCUT2D eigenvalue weighted by molar-refractivity contribution is 7.99. The molecule has 0 spiro atoms. The molecule has 1 aromatic heterocycles. The van der Waals surface area contributed by atoms with Gasteiger partial charge in [0.25, 0.3) is 0 Å². The molecule has 0 radical (unpaired) electrons. The molecule has 17 heavy (non-hydrogen) atoms. The minimum absolute atomic E-state index is 0.0619. The molecule has 6 heteroatoms. The van der Waals surface area contributed by atoms with Crippen LogP contribution in [0.1, 0.15) is 13.8 Å². The van der Waals surface area contributed by atoms with Crippen LogP contribution in [0.25, 0.3) is 0 Å². The first-order chi connectivity index (χ1) is 8.10. The number of aliphatic hydroxyl groups is 1. The summed E-state index contributed by atoms with van der Waals surface area (Å²) in [5, 5.41) is 9.88. The second kappa shape index (κ2) is 6.66. The van der Waals surface area contributed by atoms with Gasteiger partial charge in [-0.05, 0) is 5.92 Å². The van der Waals surface area contributed by atoms with E-state index in [9.17, 15) is 5.11 Å². The summed E-state index contributed by atoms with van der Waals surface area (Å²) < 4.78 is 10.1. The fraction of sp³-hybridized carbons (Fsp3) is 0.636. The van der Waals surface area contributed by atoms with Gasteiger partial charge in [-0.15, -0.1) is 0 Å². The predicted molar refractivity (Wildman–Crippen MR) is 66.7 cm³/mol. The molecular formula is C11H18N2O3S. The second-order valence-corrected chi connectivity index (χ2v) is 5.02. The lowest BCUT2D eigenvalue weighted by Gasteiger charge is -2.16. The summed E-state index contributed by atoms with van der Waals surface area (Å²) in [4.78, 5) is 8.42. The van der Waals surface area contributed by atoms with Gasteiger partial charge in [0.1, 0.15) is 0 Å². The normalized spacial score (nSPS) is 12.6. The number of nitrogens with zero attached hydrogens (tertiary/aromatic N) is 2. The Morgan fingerprint density at radius 1 is 1.24 bits per heavy atom. The Labute approximate surface area is 106 Å². The molecule has 0 saturated heterocycles. The number of hydrogen-bond acceptors (Lipinski definition) is 6. The zero-order valence-corrected chi connectivity index (χ0v) is 11.3. The second-order valence-electron chi connectivity index (χ2n) is 3.82. The van der Waals surface area contributed by atoms with E-state index in [0.717, 1.165) is 0 Å². The molecule has 0 aliphatic heterocycles. The zero-order chi connectivity index (χ0) is 12.8. The molecule has 5 nitrogen and oxygen atoms in total. The number of methoxy groups -OCH3 is 2. The fourth-order valence-electron chi connectivity index (χ4n) is 1.17. The zero-order valence-electron chi connectivity index (χ0n) is 10.5. The van der Waals surface area contributed by atoms with E-state index in [0.29, 0.717) is 22.8 Å². The van der Waals surface area contributed by atoms with E-state index in [2.05, 4.69) is 9.97 Å². The molecule has 1 rings (SSSR count). The Balaban J connectivity index is 2.89. The first-order valence-electron chi connectivity index (χ1n) is 5.35. The lowest BCUT2D eigenvalue weighted by Crippen LogP contribution is -2.16. The number of hydrogen-bond donors (Lipinski definition) is 1. The highest BCUT2D eigenvalue weighted by Crippen LogP contribution is 2.28. The molecule has 1 aromatic rings. The SMILES string of the molecule is COc1cc(OC)nc(SC(CO)C(C)C)n1. The third-order valence-electron chi connectivity index (χ3n) is 2.26. The largest absolute Gasteiger partial charge is 0.481 e. The molecule has 0 saturated carbocycles. The summed E-state index contributed by atoms with van der Waals surface area (Å²) in [6, 6.07) is 1.62. The van der Waals surface area contributed by atoms with Gasteiger partial charge >= 0.3 is 0 Å². The molecule has 0 aliphatic carbocycles. The summed E-state index contributed by atoms with van der Waals surface area (Å²) in [5.41, 5.74) is 0. The van der Waals surface area contributed by atoms with Crippen LogP contribution in [0.2, 0.25) is 0 Å². The number of aliphatic hydroxyl groups excluding tert-OH is 1. The Morgan fingerprint density at radius 3 is 2.12 bits per heavy atom. The monoisotopic (exact) mass is 258 g/mol. The van der Waals surface area contributed by atoms with E-state index in [1.54, 1.807) is 20.3 Å². The summed E-state index contributed by atoms with van der Waals surface area (Å²) in [6.45, 7) is 4.18. The molecule has 0 bridgehead atoms. The number of aromatic nitrogens is 2. The van der Waals surface area contributed by atoms with Gasteiger partial charge in [-0.3, -0.25) is 0 Å². The maximum atomic E-state index is 9.27. The van der Waals surface area contributed by atoms with Crippen LogP contribution < -0.4 is 9.47 Å². The van der Waals surface area contributed by atoms with Crippen LogP contribution in [0.4, 0.5) is 0 Å². The van der Waals surface area contributed by atoms with Crippen molar-refractivity contribution >= 4 is 11.8 Å². The maximum absolute atomic E-state index is 9.27. The third kappa shape index (κ3) is 4.05. The van der Waals surface area contributed by atoms with Crippen molar-refractivity contribution in [2.75, 3.05) is 20.8 Å². The highest BCUT2D eigenvalue weighted by atomic mass is 32.2. The van der Waals surface area contributed by atoms with Gasteiger partial charge in [0, 0.05) is 5.25 Å². The van der Waals surface area contributed by atoms with Crippen LogP contribution >= 0.6 is 11.8 Å². The van der Waals surface area contributed by atoms with E-state index in [1.807, 2.05) is 13.8 Å². The van der Waals surface area contributed by atoms with Crippen LogP contribution in [-0.4, -0.2) is 41.2 Å². The van der Waals surface area contributed by atoms with Gasteiger partial charge in [0.05, 0.1) is 26.9 Å². The van der Waals surface area contributed by atoms with Crippen molar-refractivity contribution < 1.29 is 14.6 Å². The molecule has 1 N–H and O–H groups in total. The van der Waals surface area contributed by atoms with Crippen molar-refractivity contribution in [2.24, 2.45) is 5.92 Å². The van der Waals surface area contributed by atoms with Crippen LogP contribution in [0.5, 0.6) is 11.8 Å². The summed E-state index contributed by atoms with van der Waals surface area (Å²) in [6.07, 6.45) is 0. The summed E-state index contributed by atoms with van der Waals surface area (Å²) in [7, 11) is 3.09. The lowest BCUT2D eigenvalue weighted by atomic mass is 10.1. The predicted octanol–water partition coefficient (Wildman–Crippen LogP) is 1.60. The van der Waals surface area contributed by atoms with Gasteiger partial charge in [0.2, 0.25) is 11.8 Å². The Bertz CT molecular complexity index is 338. The van der Waals surface area contributed by atoms with Gasteiger partial charge in [-0.25, -0.2) is 0 Å². The van der Waals surface area contributed by atoms with Gasteiger partial charge in [0.15, 0.2) is 5.16 Å². The minimum atomic E-state index is 0.0619. The van der Waals surface area contributed by atoms with Gasteiger partial charge in [-0.1, -0.05) is 25.6 Å². The Kier molecular flexibility index (Phi) is 5.50. The molecule has 0 aromatic carbocycles. The lowest BCUT2D eigenvalue weighted by molar-refractivity contribution is 0.274. The van der Waals surface area contributed by atoms with Gasteiger partial charge in [-0.2, -0.15) is 9.97 Å². The molecule has 96 valence electrons. The number of rotatable bonds is 6. The maximum Gasteiger partial charge on any atom is 0.220 e. The molecule has 1 heterocycles. The Morgan fingerprint density at radius 2 is 1.76 bits per heavy atom. The highest BCUT2D eigenvalue weighted by Gasteiger charge is 2.16. The summed E-state index contributed by atoms with van der Waals surface area (Å²) in [5.74, 6) is 1.25. The topological polar surface area (TPSA) is 64.5 Å². The number of thioether (sulfide) groups is 1. The molecule has 0 aliphatic rings. The molecular weight excluding hydrogens is 240 g/mol. The van der Waals surface area contributed by atoms with Crippen LogP contribution in [0.15, 0.2) is 11.2 Å². The van der Waals surface area contributed by atoms with E-state index in [1.165, 1.54) is 11.8 Å². The van der Waals surface area contributed by atoms with Crippen molar-refractivity contribution in [1.82, 2.24) is 9.97 Å². The van der Waals surface area contributed by atoms with Crippen LogP contribution in [0.3, 0.4) is 0 Å². The van der Waals surface area contributed by atoms with Crippen LogP contribution in [-0.2, 0) is 0 Å². The average molecular weight is 258 g/mol. The Hall–Kier alpha value is -1.01. The smallest absolute Gasteiger partial charge is 0.220 e. The van der Waals surface area contributed by atoms with Gasteiger partial charge < -0.3 is 14.6 Å². The quantitative estimate of drug-likeness (QED) is 0.617. The third-order valence-corrected chi connectivity index (χ3v) is 3.65. The molecule has 1 unspecified atom stereocenters. The first kappa shape index (κ1) is 14.1. The van der Waals surface area contributed by atoms with E-state index in [-0.39, 0.29) is 11.9 Å². The fourth-order valence-corrected chi connectivity index (χ4v) is 2.07. The van der Waals surface area contributed by atoms with E-state index in [4.69, 9.17) is 9.47 Å². The summed E-state index contributed by atoms with van der Waals surface area (Å²) >= 11 is 1.42. The molecule has 0 fully saturated rings. The first-order valence-corrected chi connectivity index (χ1v) is 6.23. The average Bonchev–Trinajstić information content (AvgIpc) is 2.34. The molecule has 0 amide bonds. The molecule has 1 atom stereocenters. The van der Waals surface area contributed by atoms with Crippen molar-refractivity contribution in [1.29, 1.82) is 0 Å². The van der Waals surface area contributed by atoms with Crippen molar-refractivity contribution in [3.63, 3.8) is 0 Å². The standard InChI is InChI=1S/C11H18N2O3S/c1-7(2)8(6-14)17-11-12-9(15-3)5-10(13-11)16-4/h5,7-8,14H,6H2,1-4H3.